The highest BCUT2D eigenvalue weighted by Crippen LogP contribution is 2.30. The molecule has 0 saturated carbocycles. The highest BCUT2D eigenvalue weighted by molar-refractivity contribution is 7.95. The first-order valence-corrected chi connectivity index (χ1v) is 4.11. The molecular formula is C7H9F3OS. The van der Waals surface area contributed by atoms with E-state index < -0.39 is 17.6 Å². The molecule has 0 amide bonds. The van der Waals surface area contributed by atoms with Crippen LogP contribution in [0.15, 0.2) is 0 Å². The summed E-state index contributed by atoms with van der Waals surface area (Å²) in [7, 11) is 0. The maximum Gasteiger partial charge on any atom is 0.467 e. The molecule has 70 valence electrons. The second-order valence-electron chi connectivity index (χ2n) is 2.01. The number of hydrogen-bond acceptors (Lipinski definition) is 2. The van der Waals surface area contributed by atoms with Crippen molar-refractivity contribution < 1.29 is 17.4 Å². The lowest BCUT2D eigenvalue weighted by atomic mass is 10.2. The van der Waals surface area contributed by atoms with E-state index in [0.717, 1.165) is 0 Å². The Morgan fingerprint density at radius 2 is 2.00 bits per heavy atom. The van der Waals surface area contributed by atoms with Gasteiger partial charge in [-0.05, 0) is 12.8 Å². The van der Waals surface area contributed by atoms with Gasteiger partial charge in [0.15, 0.2) is 0 Å². The van der Waals surface area contributed by atoms with E-state index in [1.54, 1.807) is 0 Å². The molecular weight excluding hydrogens is 189 g/mol. The molecule has 0 aromatic rings. The lowest BCUT2D eigenvalue weighted by Gasteiger charge is -2.04. The molecule has 0 spiro atoms. The zero-order chi connectivity index (χ0) is 9.45. The van der Waals surface area contributed by atoms with Crippen molar-refractivity contribution in [1.82, 2.24) is 0 Å². The van der Waals surface area contributed by atoms with Gasteiger partial charge in [0, 0.05) is 6.42 Å². The second-order valence-corrected chi connectivity index (χ2v) is 2.88. The van der Waals surface area contributed by atoms with Crippen molar-refractivity contribution in [3.8, 4) is 12.3 Å². The van der Waals surface area contributed by atoms with Gasteiger partial charge < -0.3 is 4.18 Å². The minimum absolute atomic E-state index is 0.0891. The Hall–Kier alpha value is -0.340. The fraction of sp³-hybridized carbons (Fsp3) is 0.714. The minimum atomic E-state index is -4.30. The standard InChI is InChI=1S/C7H9F3OS/c1-2-3-4-5-6-11-12-7(8,9)10/h1H,3-6H2. The molecule has 0 saturated heterocycles. The van der Waals surface area contributed by atoms with E-state index in [9.17, 15) is 13.2 Å². The molecule has 0 aliphatic rings. The van der Waals surface area contributed by atoms with Crippen LogP contribution in [0.2, 0.25) is 0 Å². The Bertz CT molecular complexity index is 150. The summed E-state index contributed by atoms with van der Waals surface area (Å²) in [6.07, 6.45) is 6.79. The van der Waals surface area contributed by atoms with E-state index in [4.69, 9.17) is 6.42 Å². The largest absolute Gasteiger partial charge is 0.467 e. The number of terminal acetylenes is 1. The summed E-state index contributed by atoms with van der Waals surface area (Å²) < 4.78 is 38.6. The number of halogens is 3. The smallest absolute Gasteiger partial charge is 0.308 e. The number of hydrogen-bond donors (Lipinski definition) is 0. The quantitative estimate of drug-likeness (QED) is 0.381. The molecule has 0 aromatic carbocycles. The Morgan fingerprint density at radius 3 is 2.50 bits per heavy atom. The van der Waals surface area contributed by atoms with Crippen molar-refractivity contribution in [2.24, 2.45) is 0 Å². The van der Waals surface area contributed by atoms with Crippen LogP contribution in [0.1, 0.15) is 19.3 Å². The molecule has 0 atom stereocenters. The molecule has 1 nitrogen and oxygen atoms in total. The van der Waals surface area contributed by atoms with Crippen molar-refractivity contribution >= 4 is 12.0 Å². The average Bonchev–Trinajstić information content (AvgIpc) is 1.94. The zero-order valence-electron chi connectivity index (χ0n) is 6.36. The van der Waals surface area contributed by atoms with Crippen LogP contribution in [0.5, 0.6) is 0 Å². The van der Waals surface area contributed by atoms with E-state index in [1.807, 2.05) is 0 Å². The topological polar surface area (TPSA) is 9.23 Å². The van der Waals surface area contributed by atoms with Gasteiger partial charge in [0.1, 0.15) is 12.0 Å². The number of rotatable bonds is 5. The third kappa shape index (κ3) is 9.66. The van der Waals surface area contributed by atoms with Crippen LogP contribution < -0.4 is 0 Å². The van der Waals surface area contributed by atoms with Gasteiger partial charge in [-0.2, -0.15) is 13.2 Å². The summed E-state index contributed by atoms with van der Waals surface area (Å²) in [5.41, 5.74) is -4.30. The van der Waals surface area contributed by atoms with Crippen LogP contribution in [-0.2, 0) is 4.18 Å². The van der Waals surface area contributed by atoms with Crippen LogP contribution >= 0.6 is 12.0 Å². The molecule has 0 fully saturated rings. The SMILES string of the molecule is C#CCCCCOSC(F)(F)F. The van der Waals surface area contributed by atoms with E-state index in [0.29, 0.717) is 19.3 Å². The van der Waals surface area contributed by atoms with Crippen LogP contribution in [0.4, 0.5) is 13.2 Å². The Labute approximate surface area is 73.9 Å². The molecule has 0 aliphatic heterocycles. The maximum absolute atomic E-state index is 11.4. The minimum Gasteiger partial charge on any atom is -0.308 e. The first-order valence-electron chi connectivity index (χ1n) is 3.37. The van der Waals surface area contributed by atoms with Gasteiger partial charge >= 0.3 is 5.51 Å². The monoisotopic (exact) mass is 198 g/mol. The Kier molecular flexibility index (Phi) is 6.03. The van der Waals surface area contributed by atoms with Crippen LogP contribution in [-0.4, -0.2) is 12.1 Å². The number of unbranched alkanes of at least 4 members (excludes halogenated alkanes) is 2. The van der Waals surface area contributed by atoms with Crippen molar-refractivity contribution in [1.29, 1.82) is 0 Å². The van der Waals surface area contributed by atoms with Crippen molar-refractivity contribution in [3.63, 3.8) is 0 Å². The molecule has 0 aromatic heterocycles. The first-order chi connectivity index (χ1) is 5.56. The molecule has 0 radical (unpaired) electrons. The fourth-order valence-corrected chi connectivity index (χ4v) is 0.831. The van der Waals surface area contributed by atoms with E-state index in [-0.39, 0.29) is 6.61 Å². The first kappa shape index (κ1) is 11.7. The summed E-state index contributed by atoms with van der Waals surface area (Å²) in [5, 5.41) is 0. The molecule has 5 heteroatoms. The maximum atomic E-state index is 11.4. The highest BCUT2D eigenvalue weighted by atomic mass is 32.2. The van der Waals surface area contributed by atoms with E-state index in [1.165, 1.54) is 0 Å². The number of alkyl halides is 3. The lowest BCUT2D eigenvalue weighted by molar-refractivity contribution is -0.0397. The van der Waals surface area contributed by atoms with Gasteiger partial charge in [0.2, 0.25) is 0 Å². The average molecular weight is 198 g/mol. The summed E-state index contributed by atoms with van der Waals surface area (Å²) in [4.78, 5) is 0. The van der Waals surface area contributed by atoms with E-state index in [2.05, 4.69) is 10.1 Å². The van der Waals surface area contributed by atoms with Crippen LogP contribution in [0.3, 0.4) is 0 Å². The Morgan fingerprint density at radius 1 is 1.33 bits per heavy atom. The van der Waals surface area contributed by atoms with Gasteiger partial charge in [0.05, 0.1) is 6.61 Å². The van der Waals surface area contributed by atoms with Gasteiger partial charge in [-0.1, -0.05) is 0 Å². The van der Waals surface area contributed by atoms with Gasteiger partial charge in [-0.3, -0.25) is 0 Å². The third-order valence-electron chi connectivity index (χ3n) is 0.952. The predicted octanol–water partition coefficient (Wildman–Crippen LogP) is 2.97. The third-order valence-corrected chi connectivity index (χ3v) is 1.43. The van der Waals surface area contributed by atoms with Crippen molar-refractivity contribution in [3.05, 3.63) is 0 Å². The Balaban J connectivity index is 3.07. The fourth-order valence-electron chi connectivity index (χ4n) is 0.497. The summed E-state index contributed by atoms with van der Waals surface area (Å²) in [6, 6.07) is 0. The van der Waals surface area contributed by atoms with Gasteiger partial charge in [-0.15, -0.1) is 12.3 Å². The van der Waals surface area contributed by atoms with Crippen molar-refractivity contribution in [2.45, 2.75) is 24.8 Å². The van der Waals surface area contributed by atoms with Gasteiger partial charge in [-0.25, -0.2) is 0 Å². The summed E-state index contributed by atoms with van der Waals surface area (Å²) in [5.74, 6) is 2.39. The van der Waals surface area contributed by atoms with Crippen LogP contribution in [0, 0.1) is 12.3 Å². The summed E-state index contributed by atoms with van der Waals surface area (Å²) in [6.45, 7) is 0.0891. The zero-order valence-corrected chi connectivity index (χ0v) is 7.17. The normalized spacial score (nSPS) is 11.2. The molecule has 0 bridgehead atoms. The molecule has 0 rings (SSSR count). The molecule has 0 N–H and O–H groups in total. The van der Waals surface area contributed by atoms with Crippen molar-refractivity contribution in [2.75, 3.05) is 6.61 Å². The molecule has 12 heavy (non-hydrogen) atoms. The molecule has 0 aliphatic carbocycles. The predicted molar refractivity (Wildman–Crippen MR) is 42.3 cm³/mol. The van der Waals surface area contributed by atoms with E-state index >= 15 is 0 Å². The highest BCUT2D eigenvalue weighted by Gasteiger charge is 2.29. The lowest BCUT2D eigenvalue weighted by Crippen LogP contribution is -2.01. The second kappa shape index (κ2) is 6.21. The molecule has 0 unspecified atom stereocenters. The summed E-state index contributed by atoms with van der Waals surface area (Å²) >= 11 is -0.460. The molecule has 0 heterocycles. The van der Waals surface area contributed by atoms with Crippen LogP contribution in [0.25, 0.3) is 0 Å². The van der Waals surface area contributed by atoms with Gasteiger partial charge in [0.25, 0.3) is 0 Å².